The number of hydrogen-bond donors (Lipinski definition) is 1. The Kier molecular flexibility index (Phi) is 8.27. The quantitative estimate of drug-likeness (QED) is 0.641. The van der Waals surface area contributed by atoms with E-state index in [0.717, 1.165) is 0 Å². The minimum absolute atomic E-state index is 0.326. The van der Waals surface area contributed by atoms with Crippen LogP contribution in [-0.4, -0.2) is 23.6 Å². The van der Waals surface area contributed by atoms with Gasteiger partial charge in [0.2, 0.25) is 0 Å². The van der Waals surface area contributed by atoms with Crippen LogP contribution in [-0.2, 0) is 0 Å². The molecule has 0 amide bonds. The fourth-order valence-corrected chi connectivity index (χ4v) is 1.98. The van der Waals surface area contributed by atoms with E-state index in [1.807, 2.05) is 11.8 Å². The minimum Gasteiger partial charge on any atom is -0.311 e. The van der Waals surface area contributed by atoms with Gasteiger partial charge >= 0.3 is 0 Å². The van der Waals surface area contributed by atoms with Crippen LogP contribution in [0.5, 0.6) is 0 Å². The molecule has 0 aromatic carbocycles. The topological polar surface area (TPSA) is 35.8 Å². The summed E-state index contributed by atoms with van der Waals surface area (Å²) in [6.07, 6.45) is 1.79. The van der Waals surface area contributed by atoms with E-state index in [1.54, 1.807) is 0 Å². The van der Waals surface area contributed by atoms with Gasteiger partial charge in [0.15, 0.2) is 0 Å². The van der Waals surface area contributed by atoms with Gasteiger partial charge in [-0.3, -0.25) is 0 Å². The van der Waals surface area contributed by atoms with Crippen LogP contribution in [0.3, 0.4) is 0 Å². The molecule has 0 aromatic heterocycles. The molecule has 0 bridgehead atoms. The van der Waals surface area contributed by atoms with Crippen molar-refractivity contribution in [2.24, 2.45) is 0 Å². The molecule has 0 aliphatic carbocycles. The van der Waals surface area contributed by atoms with E-state index in [-0.39, 0.29) is 0 Å². The van der Waals surface area contributed by atoms with Crippen molar-refractivity contribution in [1.82, 2.24) is 5.32 Å². The Morgan fingerprint density at radius 3 is 2.62 bits per heavy atom. The zero-order valence-corrected chi connectivity index (χ0v) is 9.66. The number of nitrogens with zero attached hydrogens (tertiary/aromatic N) is 1. The minimum atomic E-state index is 0.326. The maximum Gasteiger partial charge on any atom is 0.0638 e. The van der Waals surface area contributed by atoms with Gasteiger partial charge in [0.05, 0.1) is 12.5 Å². The first kappa shape index (κ1) is 12.8. The van der Waals surface area contributed by atoms with Crippen LogP contribution in [0.25, 0.3) is 0 Å². The van der Waals surface area contributed by atoms with Crippen LogP contribution < -0.4 is 5.32 Å². The molecule has 1 N–H and O–H groups in total. The molecule has 0 aliphatic heterocycles. The fourth-order valence-electron chi connectivity index (χ4n) is 1.17. The van der Waals surface area contributed by atoms with E-state index in [0.29, 0.717) is 18.5 Å². The van der Waals surface area contributed by atoms with Gasteiger partial charge < -0.3 is 5.32 Å². The van der Waals surface area contributed by atoms with E-state index in [9.17, 15) is 0 Å². The van der Waals surface area contributed by atoms with Gasteiger partial charge in [-0.05, 0) is 31.8 Å². The van der Waals surface area contributed by atoms with Crippen molar-refractivity contribution in [2.75, 3.05) is 11.5 Å². The zero-order valence-electron chi connectivity index (χ0n) is 8.84. The third kappa shape index (κ3) is 8.14. The van der Waals surface area contributed by atoms with Crippen molar-refractivity contribution in [1.29, 1.82) is 5.26 Å². The van der Waals surface area contributed by atoms with Crippen LogP contribution in [0, 0.1) is 11.3 Å². The molecule has 0 fully saturated rings. The molecule has 2 nitrogen and oxygen atoms in total. The summed E-state index contributed by atoms with van der Waals surface area (Å²) in [5.41, 5.74) is 0. The van der Waals surface area contributed by atoms with Crippen molar-refractivity contribution < 1.29 is 0 Å². The fraction of sp³-hybridized carbons (Fsp3) is 0.900. The molecule has 0 saturated carbocycles. The zero-order chi connectivity index (χ0) is 10.1. The molecule has 0 aromatic rings. The maximum atomic E-state index is 8.47. The van der Waals surface area contributed by atoms with Crippen molar-refractivity contribution in [2.45, 2.75) is 45.7 Å². The summed E-state index contributed by atoms with van der Waals surface area (Å²) < 4.78 is 0. The summed E-state index contributed by atoms with van der Waals surface area (Å²) in [6.45, 7) is 6.43. The Bertz CT molecular complexity index is 153. The van der Waals surface area contributed by atoms with Crippen molar-refractivity contribution >= 4 is 11.8 Å². The highest BCUT2D eigenvalue weighted by Crippen LogP contribution is 2.04. The van der Waals surface area contributed by atoms with Gasteiger partial charge in [0.25, 0.3) is 0 Å². The molecule has 3 heteroatoms. The number of nitrogens with one attached hydrogen (secondary N) is 1. The number of hydrogen-bond acceptors (Lipinski definition) is 3. The molecule has 0 radical (unpaired) electrons. The number of rotatable bonds is 7. The molecule has 2 atom stereocenters. The second kappa shape index (κ2) is 8.40. The Labute approximate surface area is 86.1 Å². The molecule has 0 rings (SSSR count). The van der Waals surface area contributed by atoms with Gasteiger partial charge in [-0.25, -0.2) is 0 Å². The average molecular weight is 200 g/mol. The lowest BCUT2D eigenvalue weighted by atomic mass is 10.2. The summed E-state index contributed by atoms with van der Waals surface area (Å²) in [7, 11) is 0. The third-order valence-corrected chi connectivity index (χ3v) is 2.80. The third-order valence-electron chi connectivity index (χ3n) is 1.87. The van der Waals surface area contributed by atoms with Gasteiger partial charge in [-0.15, -0.1) is 0 Å². The lowest BCUT2D eigenvalue weighted by molar-refractivity contribution is 0.464. The summed E-state index contributed by atoms with van der Waals surface area (Å²) in [5, 5.41) is 11.9. The van der Waals surface area contributed by atoms with Crippen LogP contribution in [0.4, 0.5) is 0 Å². The monoisotopic (exact) mass is 200 g/mol. The van der Waals surface area contributed by atoms with Crippen LogP contribution >= 0.6 is 11.8 Å². The molecule has 2 unspecified atom stereocenters. The van der Waals surface area contributed by atoms with Gasteiger partial charge in [0, 0.05) is 12.1 Å². The first-order valence-corrected chi connectivity index (χ1v) is 6.06. The molecular weight excluding hydrogens is 180 g/mol. The number of thioether (sulfide) groups is 1. The highest BCUT2D eigenvalue weighted by atomic mass is 32.2. The smallest absolute Gasteiger partial charge is 0.0638 e. The summed E-state index contributed by atoms with van der Waals surface area (Å²) in [4.78, 5) is 0. The first-order valence-electron chi connectivity index (χ1n) is 4.91. The Morgan fingerprint density at radius 2 is 2.08 bits per heavy atom. The Morgan fingerprint density at radius 1 is 1.38 bits per heavy atom. The van der Waals surface area contributed by atoms with Gasteiger partial charge in [-0.1, -0.05) is 6.92 Å². The molecule has 0 heterocycles. The Hall–Kier alpha value is -0.200. The molecule has 13 heavy (non-hydrogen) atoms. The lowest BCUT2D eigenvalue weighted by Crippen LogP contribution is -2.34. The standard InChI is InChI=1S/C10H20N2S/c1-4-13-8-6-10(3)12-9(2)5-7-11/h9-10,12H,4-6,8H2,1-3H3. The van der Waals surface area contributed by atoms with Gasteiger partial charge in [0.1, 0.15) is 0 Å². The number of nitriles is 1. The lowest BCUT2D eigenvalue weighted by Gasteiger charge is -2.17. The van der Waals surface area contributed by atoms with E-state index in [4.69, 9.17) is 5.26 Å². The van der Waals surface area contributed by atoms with Crippen molar-refractivity contribution in [3.8, 4) is 6.07 Å². The van der Waals surface area contributed by atoms with Crippen LogP contribution in [0.1, 0.15) is 33.6 Å². The summed E-state index contributed by atoms with van der Waals surface area (Å²) in [6, 6.07) is 3.03. The molecule has 0 spiro atoms. The predicted molar refractivity (Wildman–Crippen MR) is 59.9 cm³/mol. The SMILES string of the molecule is CCSCCC(C)NC(C)CC#N. The van der Waals surface area contributed by atoms with E-state index in [1.165, 1.54) is 17.9 Å². The van der Waals surface area contributed by atoms with E-state index < -0.39 is 0 Å². The second-order valence-corrected chi connectivity index (χ2v) is 4.71. The van der Waals surface area contributed by atoms with Crippen LogP contribution in [0.2, 0.25) is 0 Å². The molecule has 0 saturated heterocycles. The Balaban J connectivity index is 3.39. The van der Waals surface area contributed by atoms with Gasteiger partial charge in [-0.2, -0.15) is 17.0 Å². The average Bonchev–Trinajstić information content (AvgIpc) is 2.05. The highest BCUT2D eigenvalue weighted by molar-refractivity contribution is 7.99. The largest absolute Gasteiger partial charge is 0.311 e. The maximum absolute atomic E-state index is 8.47. The van der Waals surface area contributed by atoms with E-state index >= 15 is 0 Å². The first-order chi connectivity index (χ1) is 6.20. The predicted octanol–water partition coefficient (Wildman–Crippen LogP) is 2.41. The van der Waals surface area contributed by atoms with E-state index in [2.05, 4.69) is 32.2 Å². The molecular formula is C10H20N2S. The highest BCUT2D eigenvalue weighted by Gasteiger charge is 2.05. The molecule has 0 aliphatic rings. The summed E-state index contributed by atoms with van der Waals surface area (Å²) >= 11 is 1.97. The van der Waals surface area contributed by atoms with Crippen molar-refractivity contribution in [3.05, 3.63) is 0 Å². The normalized spacial score (nSPS) is 14.9. The molecule has 76 valence electrons. The van der Waals surface area contributed by atoms with Crippen molar-refractivity contribution in [3.63, 3.8) is 0 Å². The van der Waals surface area contributed by atoms with Crippen LogP contribution in [0.15, 0.2) is 0 Å². The second-order valence-electron chi connectivity index (χ2n) is 3.32. The summed E-state index contributed by atoms with van der Waals surface area (Å²) in [5.74, 6) is 2.41.